The molecule has 9 heteroatoms. The lowest BCUT2D eigenvalue weighted by Gasteiger charge is -2.26. The Kier molecular flexibility index (Phi) is 7.46. The Hall–Kier alpha value is -4.43. The summed E-state index contributed by atoms with van der Waals surface area (Å²) in [4.78, 5) is 50.6. The summed E-state index contributed by atoms with van der Waals surface area (Å²) in [5, 5.41) is 2.78. The summed E-state index contributed by atoms with van der Waals surface area (Å²) in [6, 6.07) is 19.0. The zero-order valence-electron chi connectivity index (χ0n) is 19.2. The number of imide groups is 2. The molecule has 1 N–H and O–H groups in total. The van der Waals surface area contributed by atoms with Crippen molar-refractivity contribution in [3.8, 4) is 5.75 Å². The van der Waals surface area contributed by atoms with Crippen molar-refractivity contribution >= 4 is 47.2 Å². The normalized spacial score (nSPS) is 14.6. The maximum absolute atomic E-state index is 13.1. The van der Waals surface area contributed by atoms with E-state index in [1.807, 2.05) is 18.2 Å². The summed E-state index contributed by atoms with van der Waals surface area (Å²) < 4.78 is 10.7. The van der Waals surface area contributed by atoms with Crippen molar-refractivity contribution in [3.05, 3.63) is 100 Å². The minimum atomic E-state index is -0.880. The van der Waals surface area contributed by atoms with Crippen LogP contribution in [0.1, 0.15) is 28.4 Å². The van der Waals surface area contributed by atoms with E-state index in [1.165, 1.54) is 30.3 Å². The van der Waals surface area contributed by atoms with Crippen molar-refractivity contribution < 1.29 is 28.7 Å². The van der Waals surface area contributed by atoms with Crippen LogP contribution in [0.25, 0.3) is 6.08 Å². The third kappa shape index (κ3) is 5.45. The molecule has 4 rings (SSSR count). The van der Waals surface area contributed by atoms with E-state index in [-0.39, 0.29) is 30.0 Å². The molecule has 1 heterocycles. The number of rotatable bonds is 7. The van der Waals surface area contributed by atoms with Gasteiger partial charge in [-0.2, -0.15) is 0 Å². The van der Waals surface area contributed by atoms with Gasteiger partial charge in [-0.3, -0.25) is 14.9 Å². The van der Waals surface area contributed by atoms with E-state index in [4.69, 9.17) is 21.1 Å². The van der Waals surface area contributed by atoms with Crippen LogP contribution in [0.15, 0.2) is 78.4 Å². The molecule has 0 bridgehead atoms. The molecule has 4 amide bonds. The topological polar surface area (TPSA) is 102 Å². The van der Waals surface area contributed by atoms with Gasteiger partial charge in [0.25, 0.3) is 11.8 Å². The molecule has 36 heavy (non-hydrogen) atoms. The van der Waals surface area contributed by atoms with Gasteiger partial charge in [0, 0.05) is 10.6 Å². The Morgan fingerprint density at radius 3 is 2.33 bits per heavy atom. The number of hydrogen-bond donors (Lipinski definition) is 1. The van der Waals surface area contributed by atoms with Crippen molar-refractivity contribution in [1.29, 1.82) is 0 Å². The molecule has 0 unspecified atom stereocenters. The predicted molar refractivity (Wildman–Crippen MR) is 134 cm³/mol. The monoisotopic (exact) mass is 504 g/mol. The van der Waals surface area contributed by atoms with E-state index in [0.29, 0.717) is 16.3 Å². The molecular formula is C27H21ClN2O6. The van der Waals surface area contributed by atoms with Crippen LogP contribution in [-0.4, -0.2) is 30.4 Å². The SMILES string of the molecule is CCOC(=O)c1ccc(N2C(=O)NC(=O)/C(=C\c3ccc(OCc4ccccc4Cl)cc3)C2=O)cc1. The third-order valence-corrected chi connectivity index (χ3v) is 5.65. The van der Waals surface area contributed by atoms with Gasteiger partial charge in [-0.1, -0.05) is 41.9 Å². The van der Waals surface area contributed by atoms with Gasteiger partial charge < -0.3 is 9.47 Å². The van der Waals surface area contributed by atoms with E-state index < -0.39 is 23.8 Å². The zero-order valence-corrected chi connectivity index (χ0v) is 20.0. The Morgan fingerprint density at radius 2 is 1.67 bits per heavy atom. The van der Waals surface area contributed by atoms with Gasteiger partial charge in [-0.15, -0.1) is 0 Å². The predicted octanol–water partition coefficient (Wildman–Crippen LogP) is 4.76. The highest BCUT2D eigenvalue weighted by Crippen LogP contribution is 2.24. The minimum absolute atomic E-state index is 0.201. The smallest absolute Gasteiger partial charge is 0.338 e. The van der Waals surface area contributed by atoms with E-state index >= 15 is 0 Å². The van der Waals surface area contributed by atoms with Crippen molar-refractivity contribution in [2.75, 3.05) is 11.5 Å². The first-order chi connectivity index (χ1) is 17.4. The molecule has 1 aliphatic rings. The second kappa shape index (κ2) is 10.9. The van der Waals surface area contributed by atoms with E-state index in [1.54, 1.807) is 37.3 Å². The standard InChI is InChI=1S/C27H21ClN2O6/c1-2-35-26(33)18-9-11-20(12-10-18)30-25(32)22(24(31)29-27(30)34)15-17-7-13-21(14-8-17)36-16-19-5-3-4-6-23(19)28/h3-15H,2,16H2,1H3,(H,29,31,34)/b22-15+. The first-order valence-electron chi connectivity index (χ1n) is 11.0. The van der Waals surface area contributed by atoms with Crippen molar-refractivity contribution in [2.24, 2.45) is 0 Å². The van der Waals surface area contributed by atoms with Crippen molar-refractivity contribution in [2.45, 2.75) is 13.5 Å². The fraction of sp³-hybridized carbons (Fsp3) is 0.111. The van der Waals surface area contributed by atoms with Gasteiger partial charge in [0.2, 0.25) is 0 Å². The Bertz CT molecular complexity index is 1350. The Labute approximate surface area is 212 Å². The van der Waals surface area contributed by atoms with Gasteiger partial charge in [-0.05, 0) is 61.0 Å². The van der Waals surface area contributed by atoms with Gasteiger partial charge in [0.1, 0.15) is 17.9 Å². The lowest BCUT2D eigenvalue weighted by Crippen LogP contribution is -2.54. The van der Waals surface area contributed by atoms with E-state index in [9.17, 15) is 19.2 Å². The molecule has 0 saturated carbocycles. The molecule has 182 valence electrons. The number of esters is 1. The van der Waals surface area contributed by atoms with Crippen LogP contribution in [0.2, 0.25) is 5.02 Å². The highest BCUT2D eigenvalue weighted by Gasteiger charge is 2.36. The fourth-order valence-corrected chi connectivity index (χ4v) is 3.65. The maximum Gasteiger partial charge on any atom is 0.338 e. The number of amides is 4. The van der Waals surface area contributed by atoms with Crippen LogP contribution in [0.3, 0.4) is 0 Å². The average Bonchev–Trinajstić information content (AvgIpc) is 2.87. The molecule has 0 radical (unpaired) electrons. The second-order valence-electron chi connectivity index (χ2n) is 7.67. The van der Waals surface area contributed by atoms with Crippen LogP contribution in [0, 0.1) is 0 Å². The number of carbonyl (C=O) groups excluding carboxylic acids is 4. The molecule has 0 atom stereocenters. The summed E-state index contributed by atoms with van der Waals surface area (Å²) in [5.41, 5.74) is 1.66. The summed E-state index contributed by atoms with van der Waals surface area (Å²) in [6.07, 6.45) is 1.39. The Morgan fingerprint density at radius 1 is 0.972 bits per heavy atom. The van der Waals surface area contributed by atoms with Crippen LogP contribution >= 0.6 is 11.6 Å². The molecule has 3 aromatic carbocycles. The molecular weight excluding hydrogens is 484 g/mol. The maximum atomic E-state index is 13.1. The summed E-state index contributed by atoms with van der Waals surface area (Å²) >= 11 is 6.15. The van der Waals surface area contributed by atoms with Crippen molar-refractivity contribution in [3.63, 3.8) is 0 Å². The number of urea groups is 1. The lowest BCUT2D eigenvalue weighted by atomic mass is 10.1. The largest absolute Gasteiger partial charge is 0.489 e. The number of anilines is 1. The highest BCUT2D eigenvalue weighted by molar-refractivity contribution is 6.39. The number of nitrogens with zero attached hydrogens (tertiary/aromatic N) is 1. The molecule has 1 aliphatic heterocycles. The molecule has 0 aromatic heterocycles. The van der Waals surface area contributed by atoms with Gasteiger partial charge in [-0.25, -0.2) is 14.5 Å². The summed E-state index contributed by atoms with van der Waals surface area (Å²) in [5.74, 6) is -1.53. The van der Waals surface area contributed by atoms with E-state index in [2.05, 4.69) is 5.32 Å². The van der Waals surface area contributed by atoms with Gasteiger partial charge in [0.15, 0.2) is 0 Å². The number of hydrogen-bond acceptors (Lipinski definition) is 6. The fourth-order valence-electron chi connectivity index (χ4n) is 3.46. The average molecular weight is 505 g/mol. The molecule has 0 spiro atoms. The van der Waals surface area contributed by atoms with Crippen molar-refractivity contribution in [1.82, 2.24) is 5.32 Å². The van der Waals surface area contributed by atoms with Gasteiger partial charge >= 0.3 is 12.0 Å². The second-order valence-corrected chi connectivity index (χ2v) is 8.08. The molecule has 8 nitrogen and oxygen atoms in total. The van der Waals surface area contributed by atoms with Crippen LogP contribution < -0.4 is 15.0 Å². The van der Waals surface area contributed by atoms with Gasteiger partial charge in [0.05, 0.1) is 17.9 Å². The molecule has 3 aromatic rings. The number of benzene rings is 3. The first-order valence-corrected chi connectivity index (χ1v) is 11.4. The zero-order chi connectivity index (χ0) is 25.7. The van der Waals surface area contributed by atoms with Crippen LogP contribution in [-0.2, 0) is 20.9 Å². The molecule has 1 saturated heterocycles. The molecule has 1 fully saturated rings. The lowest BCUT2D eigenvalue weighted by molar-refractivity contribution is -0.122. The summed E-state index contributed by atoms with van der Waals surface area (Å²) in [7, 11) is 0. The number of ether oxygens (including phenoxy) is 2. The number of nitrogens with one attached hydrogen (secondary N) is 1. The third-order valence-electron chi connectivity index (χ3n) is 5.28. The Balaban J connectivity index is 1.50. The highest BCUT2D eigenvalue weighted by atomic mass is 35.5. The quantitative estimate of drug-likeness (QED) is 0.283. The van der Waals surface area contributed by atoms with Crippen LogP contribution in [0.4, 0.5) is 10.5 Å². The number of halogens is 1. The number of barbiturate groups is 1. The minimum Gasteiger partial charge on any atom is -0.489 e. The van der Waals surface area contributed by atoms with E-state index in [0.717, 1.165) is 10.5 Å². The summed E-state index contributed by atoms with van der Waals surface area (Å²) in [6.45, 7) is 2.20. The first kappa shape index (κ1) is 24.7. The molecule has 0 aliphatic carbocycles. The number of carbonyl (C=O) groups is 4. The van der Waals surface area contributed by atoms with Crippen LogP contribution in [0.5, 0.6) is 5.75 Å².